The van der Waals surface area contributed by atoms with Gasteiger partial charge < -0.3 is 5.73 Å². The fourth-order valence-corrected chi connectivity index (χ4v) is 1.76. The van der Waals surface area contributed by atoms with Gasteiger partial charge in [0.25, 0.3) is 0 Å². The van der Waals surface area contributed by atoms with Gasteiger partial charge in [0.05, 0.1) is 0 Å². The Morgan fingerprint density at radius 1 is 1.06 bits per heavy atom. The predicted octanol–water partition coefficient (Wildman–Crippen LogP) is 1.66. The molecule has 0 spiro atoms. The molecule has 2 aromatic rings. The van der Waals surface area contributed by atoms with Crippen LogP contribution in [0.3, 0.4) is 0 Å². The molecule has 0 aliphatic rings. The second kappa shape index (κ2) is 5.01. The molecule has 88 valence electrons. The van der Waals surface area contributed by atoms with Crippen molar-refractivity contribution in [3.05, 3.63) is 41.5 Å². The van der Waals surface area contributed by atoms with E-state index in [9.17, 15) is 0 Å². The molecule has 2 N–H and O–H groups in total. The Morgan fingerprint density at radius 3 is 2.18 bits per heavy atom. The summed E-state index contributed by atoms with van der Waals surface area (Å²) in [5.41, 5.74) is 9.52. The first kappa shape index (κ1) is 11.7. The lowest BCUT2D eigenvalue weighted by Crippen LogP contribution is -2.03. The van der Waals surface area contributed by atoms with Gasteiger partial charge in [-0.05, 0) is 44.5 Å². The molecule has 0 aromatic carbocycles. The van der Waals surface area contributed by atoms with E-state index in [2.05, 4.69) is 15.0 Å². The Bertz CT molecular complexity index is 485. The summed E-state index contributed by atoms with van der Waals surface area (Å²) in [5.74, 6) is 0.736. The van der Waals surface area contributed by atoms with Gasteiger partial charge in [-0.25, -0.2) is 9.97 Å². The van der Waals surface area contributed by atoms with Crippen molar-refractivity contribution in [2.24, 2.45) is 5.73 Å². The SMILES string of the molecule is Cc1cc(-c2ncc(CCN)cn2)cc(C)n1. The Labute approximate surface area is 101 Å². The number of hydrogen-bond acceptors (Lipinski definition) is 4. The Morgan fingerprint density at radius 2 is 1.65 bits per heavy atom. The molecule has 4 heteroatoms. The standard InChI is InChI=1S/C13H16N4/c1-9-5-12(6-10(2)17-9)13-15-7-11(3-4-14)8-16-13/h5-8H,3-4,14H2,1-2H3. The van der Waals surface area contributed by atoms with Gasteiger partial charge >= 0.3 is 0 Å². The molecule has 0 aliphatic heterocycles. The van der Waals surface area contributed by atoms with Crippen molar-refractivity contribution >= 4 is 0 Å². The van der Waals surface area contributed by atoms with Crippen LogP contribution in [0.5, 0.6) is 0 Å². The third kappa shape index (κ3) is 2.85. The first-order valence-corrected chi connectivity index (χ1v) is 5.65. The highest BCUT2D eigenvalue weighted by atomic mass is 14.9. The maximum Gasteiger partial charge on any atom is 0.159 e. The number of hydrogen-bond donors (Lipinski definition) is 1. The van der Waals surface area contributed by atoms with Crippen molar-refractivity contribution < 1.29 is 0 Å². The van der Waals surface area contributed by atoms with Crippen LogP contribution >= 0.6 is 0 Å². The number of aromatic nitrogens is 3. The van der Waals surface area contributed by atoms with E-state index in [0.29, 0.717) is 6.54 Å². The van der Waals surface area contributed by atoms with Crippen LogP contribution in [-0.2, 0) is 6.42 Å². The Hall–Kier alpha value is -1.81. The monoisotopic (exact) mass is 228 g/mol. The van der Waals surface area contributed by atoms with Crippen LogP contribution in [0.1, 0.15) is 17.0 Å². The summed E-state index contributed by atoms with van der Waals surface area (Å²) in [6, 6.07) is 3.98. The van der Waals surface area contributed by atoms with Crippen molar-refractivity contribution in [1.82, 2.24) is 15.0 Å². The number of nitrogens with two attached hydrogens (primary N) is 1. The van der Waals surface area contributed by atoms with Crippen molar-refractivity contribution in [2.75, 3.05) is 6.54 Å². The fraction of sp³-hybridized carbons (Fsp3) is 0.308. The van der Waals surface area contributed by atoms with Crippen LogP contribution in [0.15, 0.2) is 24.5 Å². The lowest BCUT2D eigenvalue weighted by Gasteiger charge is -2.04. The summed E-state index contributed by atoms with van der Waals surface area (Å²) >= 11 is 0. The van der Waals surface area contributed by atoms with E-state index in [-0.39, 0.29) is 0 Å². The zero-order valence-electron chi connectivity index (χ0n) is 10.1. The highest BCUT2D eigenvalue weighted by molar-refractivity contribution is 5.55. The molecule has 2 heterocycles. The van der Waals surface area contributed by atoms with Crippen LogP contribution in [0.25, 0.3) is 11.4 Å². The number of rotatable bonds is 3. The average Bonchev–Trinajstić information content (AvgIpc) is 2.29. The highest BCUT2D eigenvalue weighted by Crippen LogP contribution is 2.16. The summed E-state index contributed by atoms with van der Waals surface area (Å²) in [4.78, 5) is 13.0. The van der Waals surface area contributed by atoms with Gasteiger partial charge in [-0.1, -0.05) is 0 Å². The molecule has 2 rings (SSSR count). The molecule has 0 atom stereocenters. The van der Waals surface area contributed by atoms with E-state index in [1.807, 2.05) is 38.4 Å². The summed E-state index contributed by atoms with van der Waals surface area (Å²) in [5, 5.41) is 0. The number of aryl methyl sites for hydroxylation is 2. The van der Waals surface area contributed by atoms with E-state index in [1.165, 1.54) is 0 Å². The first-order valence-electron chi connectivity index (χ1n) is 5.65. The minimum Gasteiger partial charge on any atom is -0.330 e. The molecule has 17 heavy (non-hydrogen) atoms. The fourth-order valence-electron chi connectivity index (χ4n) is 1.76. The highest BCUT2D eigenvalue weighted by Gasteiger charge is 2.03. The van der Waals surface area contributed by atoms with Crippen LogP contribution in [-0.4, -0.2) is 21.5 Å². The topological polar surface area (TPSA) is 64.7 Å². The molecule has 0 amide bonds. The van der Waals surface area contributed by atoms with Crippen molar-refractivity contribution in [3.8, 4) is 11.4 Å². The average molecular weight is 228 g/mol. The normalized spacial score (nSPS) is 10.5. The maximum atomic E-state index is 5.49. The largest absolute Gasteiger partial charge is 0.330 e. The molecule has 0 bridgehead atoms. The summed E-state index contributed by atoms with van der Waals surface area (Å²) in [6.45, 7) is 4.56. The van der Waals surface area contributed by atoms with Gasteiger partial charge in [0.2, 0.25) is 0 Å². The number of nitrogens with zero attached hydrogens (tertiary/aromatic N) is 3. The van der Waals surface area contributed by atoms with E-state index < -0.39 is 0 Å². The van der Waals surface area contributed by atoms with E-state index >= 15 is 0 Å². The molecule has 4 nitrogen and oxygen atoms in total. The van der Waals surface area contributed by atoms with Crippen LogP contribution in [0, 0.1) is 13.8 Å². The van der Waals surface area contributed by atoms with Crippen LogP contribution in [0.2, 0.25) is 0 Å². The van der Waals surface area contributed by atoms with Crippen molar-refractivity contribution in [1.29, 1.82) is 0 Å². The predicted molar refractivity (Wildman–Crippen MR) is 67.5 cm³/mol. The smallest absolute Gasteiger partial charge is 0.159 e. The van der Waals surface area contributed by atoms with Crippen LogP contribution in [0.4, 0.5) is 0 Å². The number of pyridine rings is 1. The molecule has 0 saturated carbocycles. The van der Waals surface area contributed by atoms with Crippen molar-refractivity contribution in [2.45, 2.75) is 20.3 Å². The Kier molecular flexibility index (Phi) is 3.44. The van der Waals surface area contributed by atoms with Gasteiger partial charge in [-0.3, -0.25) is 4.98 Å². The maximum absolute atomic E-state index is 5.49. The van der Waals surface area contributed by atoms with Gasteiger partial charge in [0, 0.05) is 29.3 Å². The summed E-state index contributed by atoms with van der Waals surface area (Å²) in [6.07, 6.45) is 4.48. The van der Waals surface area contributed by atoms with Crippen molar-refractivity contribution in [3.63, 3.8) is 0 Å². The second-order valence-corrected chi connectivity index (χ2v) is 4.09. The van der Waals surface area contributed by atoms with E-state index in [1.54, 1.807) is 0 Å². The molecule has 0 unspecified atom stereocenters. The quantitative estimate of drug-likeness (QED) is 0.867. The molecule has 0 radical (unpaired) electrons. The zero-order chi connectivity index (χ0) is 12.3. The first-order chi connectivity index (χ1) is 8.19. The summed E-state index contributed by atoms with van der Waals surface area (Å²) in [7, 11) is 0. The molecule has 0 aliphatic carbocycles. The minimum absolute atomic E-state index is 0.621. The molecular formula is C13H16N4. The molecule has 0 saturated heterocycles. The second-order valence-electron chi connectivity index (χ2n) is 4.09. The third-order valence-corrected chi connectivity index (χ3v) is 2.48. The van der Waals surface area contributed by atoms with Crippen LogP contribution < -0.4 is 5.73 Å². The zero-order valence-corrected chi connectivity index (χ0v) is 10.1. The van der Waals surface area contributed by atoms with Gasteiger partial charge in [0.1, 0.15) is 0 Å². The molecule has 2 aromatic heterocycles. The lowest BCUT2D eigenvalue weighted by atomic mass is 10.2. The molecule has 0 fully saturated rings. The van der Waals surface area contributed by atoms with E-state index in [4.69, 9.17) is 5.73 Å². The minimum atomic E-state index is 0.621. The molecular weight excluding hydrogens is 212 g/mol. The van der Waals surface area contributed by atoms with Gasteiger partial charge in [-0.15, -0.1) is 0 Å². The third-order valence-electron chi connectivity index (χ3n) is 2.48. The van der Waals surface area contributed by atoms with E-state index in [0.717, 1.165) is 34.8 Å². The summed E-state index contributed by atoms with van der Waals surface area (Å²) < 4.78 is 0. The van der Waals surface area contributed by atoms with Gasteiger partial charge in [-0.2, -0.15) is 0 Å². The lowest BCUT2D eigenvalue weighted by molar-refractivity contribution is 0.942. The Balaban J connectivity index is 2.32. The van der Waals surface area contributed by atoms with Gasteiger partial charge in [0.15, 0.2) is 5.82 Å².